The molecular formula is C14H20N4O2S. The summed E-state index contributed by atoms with van der Waals surface area (Å²) in [6, 6.07) is 5.61. The van der Waals surface area contributed by atoms with Gasteiger partial charge in [0.05, 0.1) is 11.8 Å². The second kappa shape index (κ2) is 6.71. The van der Waals surface area contributed by atoms with Gasteiger partial charge in [0.25, 0.3) is 0 Å². The molecule has 0 aliphatic rings. The van der Waals surface area contributed by atoms with Crippen LogP contribution in [0, 0.1) is 0 Å². The second-order valence-electron chi connectivity index (χ2n) is 4.90. The van der Waals surface area contributed by atoms with Gasteiger partial charge in [0.2, 0.25) is 0 Å². The third kappa shape index (κ3) is 3.60. The van der Waals surface area contributed by atoms with E-state index in [-0.39, 0.29) is 11.8 Å². The lowest BCUT2D eigenvalue weighted by Gasteiger charge is -2.14. The zero-order valence-electron chi connectivity index (χ0n) is 12.4. The molecule has 0 saturated heterocycles. The van der Waals surface area contributed by atoms with Gasteiger partial charge in [0, 0.05) is 11.4 Å². The van der Waals surface area contributed by atoms with Gasteiger partial charge in [-0.15, -0.1) is 5.10 Å². The van der Waals surface area contributed by atoms with Gasteiger partial charge in [0.15, 0.2) is 5.16 Å². The van der Waals surface area contributed by atoms with Crippen LogP contribution in [-0.2, 0) is 6.54 Å². The average molecular weight is 308 g/mol. The fraction of sp³-hybridized carbons (Fsp3) is 0.429. The molecule has 0 aliphatic carbocycles. The molecule has 0 amide bonds. The lowest BCUT2D eigenvalue weighted by atomic mass is 10.3. The Balaban J connectivity index is 2.30. The third-order valence-electron chi connectivity index (χ3n) is 2.76. The zero-order valence-corrected chi connectivity index (χ0v) is 13.2. The highest BCUT2D eigenvalue weighted by atomic mass is 32.2. The fourth-order valence-corrected chi connectivity index (χ4v) is 2.80. The summed E-state index contributed by atoms with van der Waals surface area (Å²) in [5.74, 6) is 0.648. The van der Waals surface area contributed by atoms with Crippen molar-refractivity contribution in [2.24, 2.45) is 0 Å². The topological polar surface area (TPSA) is 85.9 Å². The number of ether oxygens (including phenoxy) is 1. The predicted octanol–water partition coefficient (Wildman–Crippen LogP) is 2.50. The Hall–Kier alpha value is -1.89. The largest absolute Gasteiger partial charge is 0.489 e. The molecule has 1 heterocycles. The van der Waals surface area contributed by atoms with Crippen LogP contribution in [0.5, 0.6) is 5.75 Å². The molecule has 0 atom stereocenters. The van der Waals surface area contributed by atoms with E-state index < -0.39 is 0 Å². The van der Waals surface area contributed by atoms with Crippen molar-refractivity contribution in [3.05, 3.63) is 28.7 Å². The molecule has 1 aromatic heterocycles. The maximum Gasteiger partial charge on any atom is 0.343 e. The van der Waals surface area contributed by atoms with Crippen molar-refractivity contribution in [1.82, 2.24) is 14.8 Å². The molecule has 3 N–H and O–H groups in total. The molecule has 21 heavy (non-hydrogen) atoms. The first kappa shape index (κ1) is 15.5. The Bertz CT molecular complexity index is 663. The highest BCUT2D eigenvalue weighted by molar-refractivity contribution is 7.99. The maximum atomic E-state index is 11.7. The van der Waals surface area contributed by atoms with Gasteiger partial charge in [0.1, 0.15) is 5.75 Å². The molecule has 0 radical (unpaired) electrons. The summed E-state index contributed by atoms with van der Waals surface area (Å²) < 4.78 is 7.28. The number of nitrogens with zero attached hydrogens (tertiary/aromatic N) is 2. The summed E-state index contributed by atoms with van der Waals surface area (Å²) in [5.41, 5.74) is 6.50. The van der Waals surface area contributed by atoms with E-state index in [9.17, 15) is 4.79 Å². The number of benzene rings is 1. The number of rotatable bonds is 6. The van der Waals surface area contributed by atoms with Gasteiger partial charge < -0.3 is 10.5 Å². The highest BCUT2D eigenvalue weighted by Gasteiger charge is 2.13. The van der Waals surface area contributed by atoms with Crippen molar-refractivity contribution in [1.29, 1.82) is 0 Å². The van der Waals surface area contributed by atoms with Crippen LogP contribution < -0.4 is 16.2 Å². The number of hydrogen-bond acceptors (Lipinski definition) is 5. The van der Waals surface area contributed by atoms with Crippen molar-refractivity contribution < 1.29 is 4.74 Å². The van der Waals surface area contributed by atoms with Gasteiger partial charge in [-0.25, -0.2) is 9.89 Å². The molecule has 0 bridgehead atoms. The minimum Gasteiger partial charge on any atom is -0.489 e. The van der Waals surface area contributed by atoms with Gasteiger partial charge in [-0.05, 0) is 44.2 Å². The van der Waals surface area contributed by atoms with Crippen LogP contribution in [0.25, 0.3) is 0 Å². The number of hydrogen-bond donors (Lipinski definition) is 2. The van der Waals surface area contributed by atoms with E-state index in [1.165, 1.54) is 11.8 Å². The zero-order chi connectivity index (χ0) is 15.4. The fourth-order valence-electron chi connectivity index (χ4n) is 1.87. The molecule has 0 unspecified atom stereocenters. The van der Waals surface area contributed by atoms with Gasteiger partial charge in [-0.1, -0.05) is 13.0 Å². The van der Waals surface area contributed by atoms with E-state index in [2.05, 4.69) is 10.2 Å². The number of aromatic amines is 1. The Labute approximate surface area is 127 Å². The number of aromatic nitrogens is 3. The first-order valence-corrected chi connectivity index (χ1v) is 7.72. The highest BCUT2D eigenvalue weighted by Crippen LogP contribution is 2.36. The Morgan fingerprint density at radius 3 is 2.90 bits per heavy atom. The molecule has 0 fully saturated rings. The number of para-hydroxylation sites is 1. The van der Waals surface area contributed by atoms with E-state index in [0.717, 1.165) is 11.3 Å². The molecule has 0 aliphatic heterocycles. The van der Waals surface area contributed by atoms with Crippen LogP contribution in [0.3, 0.4) is 0 Å². The molecule has 2 rings (SSSR count). The van der Waals surface area contributed by atoms with Crippen LogP contribution in [-0.4, -0.2) is 20.9 Å². The number of nitrogen functional groups attached to an aromatic ring is 1. The van der Waals surface area contributed by atoms with Crippen LogP contribution in [0.1, 0.15) is 27.2 Å². The minimum absolute atomic E-state index is 0.0520. The van der Waals surface area contributed by atoms with E-state index >= 15 is 0 Å². The lowest BCUT2D eigenvalue weighted by Crippen LogP contribution is -2.17. The Kier molecular flexibility index (Phi) is 4.95. The number of nitrogens with one attached hydrogen (secondary N) is 1. The van der Waals surface area contributed by atoms with Gasteiger partial charge in [-0.3, -0.25) is 4.57 Å². The second-order valence-corrected chi connectivity index (χ2v) is 5.91. The van der Waals surface area contributed by atoms with Crippen molar-refractivity contribution in [2.45, 2.75) is 49.9 Å². The first-order chi connectivity index (χ1) is 10.0. The standard InChI is InChI=1S/C14H20N4O2S/c1-4-8-18-13(19)16-17-14(18)21-11-7-5-6-10(12(11)15)20-9(2)3/h5-7,9H,4,8,15H2,1-3H3,(H,16,19). The van der Waals surface area contributed by atoms with E-state index in [4.69, 9.17) is 10.5 Å². The number of nitrogens with two attached hydrogens (primary N) is 1. The molecule has 7 heteroatoms. The Morgan fingerprint density at radius 2 is 2.24 bits per heavy atom. The van der Waals surface area contributed by atoms with Gasteiger partial charge >= 0.3 is 5.69 Å². The summed E-state index contributed by atoms with van der Waals surface area (Å²) in [5, 5.41) is 7.13. The average Bonchev–Trinajstić information content (AvgIpc) is 2.76. The van der Waals surface area contributed by atoms with E-state index in [0.29, 0.717) is 23.1 Å². The van der Waals surface area contributed by atoms with Crippen molar-refractivity contribution in [3.63, 3.8) is 0 Å². The molecule has 114 valence electrons. The molecule has 6 nitrogen and oxygen atoms in total. The van der Waals surface area contributed by atoms with Crippen molar-refractivity contribution >= 4 is 17.4 Å². The maximum absolute atomic E-state index is 11.7. The molecular weight excluding hydrogens is 288 g/mol. The van der Waals surface area contributed by atoms with Crippen molar-refractivity contribution in [3.8, 4) is 5.75 Å². The first-order valence-electron chi connectivity index (χ1n) is 6.91. The summed E-state index contributed by atoms with van der Waals surface area (Å²) in [6.07, 6.45) is 0.912. The third-order valence-corrected chi connectivity index (χ3v) is 3.83. The Morgan fingerprint density at radius 1 is 1.48 bits per heavy atom. The predicted molar refractivity (Wildman–Crippen MR) is 83.9 cm³/mol. The normalized spacial score (nSPS) is 11.0. The quantitative estimate of drug-likeness (QED) is 0.801. The smallest absolute Gasteiger partial charge is 0.343 e. The van der Waals surface area contributed by atoms with E-state index in [1.54, 1.807) is 4.57 Å². The molecule has 0 saturated carbocycles. The van der Waals surface area contributed by atoms with E-state index in [1.807, 2.05) is 39.0 Å². The summed E-state index contributed by atoms with van der Waals surface area (Å²) in [6.45, 7) is 6.54. The molecule has 2 aromatic rings. The number of anilines is 1. The molecule has 1 aromatic carbocycles. The summed E-state index contributed by atoms with van der Waals surface area (Å²) >= 11 is 1.36. The van der Waals surface area contributed by atoms with Crippen LogP contribution in [0.15, 0.2) is 33.0 Å². The SMILES string of the molecule is CCCn1c(Sc2cccc(OC(C)C)c2N)n[nH]c1=O. The minimum atomic E-state index is -0.201. The number of H-pyrrole nitrogens is 1. The van der Waals surface area contributed by atoms with Crippen LogP contribution >= 0.6 is 11.8 Å². The summed E-state index contributed by atoms with van der Waals surface area (Å²) in [4.78, 5) is 12.5. The van der Waals surface area contributed by atoms with Crippen molar-refractivity contribution in [2.75, 3.05) is 5.73 Å². The monoisotopic (exact) mass is 308 g/mol. The van der Waals surface area contributed by atoms with Crippen LogP contribution in [0.2, 0.25) is 0 Å². The van der Waals surface area contributed by atoms with Gasteiger partial charge in [-0.2, -0.15) is 0 Å². The lowest BCUT2D eigenvalue weighted by molar-refractivity contribution is 0.243. The molecule has 0 spiro atoms. The summed E-state index contributed by atoms with van der Waals surface area (Å²) in [7, 11) is 0. The van der Waals surface area contributed by atoms with Crippen LogP contribution in [0.4, 0.5) is 5.69 Å².